The Morgan fingerprint density at radius 2 is 1.82 bits per heavy atom. The van der Waals surface area contributed by atoms with Crippen LogP contribution in [-0.4, -0.2) is 52.7 Å². The standard InChI is InChI=1S/C24H26N8O2/c1-13-14(2)28-23-21(27-13)20(18-11-26-31-6-8-34-24(18)31)29-22(30-23)15-5-7-33-19(9-15)16-10-25-32(12-16)17-3-4-17/h10-12,15,17,19H,3-9H2,1-2H3/t15-,19-/m0/s1. The molecule has 6 heterocycles. The first-order valence-corrected chi connectivity index (χ1v) is 12.0. The van der Waals surface area contributed by atoms with Crippen molar-refractivity contribution in [1.29, 1.82) is 0 Å². The normalized spacial score (nSPS) is 22.2. The molecule has 4 aromatic rings. The van der Waals surface area contributed by atoms with Crippen LogP contribution >= 0.6 is 0 Å². The van der Waals surface area contributed by atoms with Gasteiger partial charge in [-0.05, 0) is 39.5 Å². The van der Waals surface area contributed by atoms with Gasteiger partial charge < -0.3 is 9.47 Å². The molecule has 4 aromatic heterocycles. The van der Waals surface area contributed by atoms with E-state index in [-0.39, 0.29) is 12.0 Å². The summed E-state index contributed by atoms with van der Waals surface area (Å²) in [5.74, 6) is 1.67. The van der Waals surface area contributed by atoms with Crippen LogP contribution in [0.1, 0.15) is 66.5 Å². The number of hydrogen-bond acceptors (Lipinski definition) is 8. The van der Waals surface area contributed by atoms with Crippen molar-refractivity contribution < 1.29 is 9.47 Å². The first-order chi connectivity index (χ1) is 16.6. The van der Waals surface area contributed by atoms with Crippen molar-refractivity contribution in [2.45, 2.75) is 64.1 Å². The number of hydrogen-bond donors (Lipinski definition) is 0. The molecular weight excluding hydrogens is 432 g/mol. The van der Waals surface area contributed by atoms with Gasteiger partial charge in [-0.1, -0.05) is 0 Å². The van der Waals surface area contributed by atoms with Crippen molar-refractivity contribution in [2.75, 3.05) is 13.2 Å². The summed E-state index contributed by atoms with van der Waals surface area (Å²) in [4.78, 5) is 19.6. The van der Waals surface area contributed by atoms with Gasteiger partial charge in [0.2, 0.25) is 5.88 Å². The monoisotopic (exact) mass is 458 g/mol. The van der Waals surface area contributed by atoms with E-state index in [1.165, 1.54) is 12.8 Å². The lowest BCUT2D eigenvalue weighted by Crippen LogP contribution is -2.20. The average Bonchev–Trinajstić information content (AvgIpc) is 3.22. The minimum absolute atomic E-state index is 0.0106. The van der Waals surface area contributed by atoms with E-state index < -0.39 is 0 Å². The highest BCUT2D eigenvalue weighted by molar-refractivity contribution is 5.88. The van der Waals surface area contributed by atoms with E-state index in [0.29, 0.717) is 30.4 Å². The molecule has 1 aliphatic carbocycles. The van der Waals surface area contributed by atoms with Crippen LogP contribution in [-0.2, 0) is 11.3 Å². The lowest BCUT2D eigenvalue weighted by atomic mass is 9.92. The zero-order valence-corrected chi connectivity index (χ0v) is 19.3. The molecular formula is C24H26N8O2. The van der Waals surface area contributed by atoms with Crippen molar-refractivity contribution in [3.05, 3.63) is 41.4 Å². The summed E-state index contributed by atoms with van der Waals surface area (Å²) in [6, 6.07) is 0.560. The minimum Gasteiger partial charge on any atom is -0.475 e. The summed E-state index contributed by atoms with van der Waals surface area (Å²) in [6.45, 7) is 5.94. The lowest BCUT2D eigenvalue weighted by Gasteiger charge is -2.28. The quantitative estimate of drug-likeness (QED) is 0.458. The van der Waals surface area contributed by atoms with E-state index >= 15 is 0 Å². The number of nitrogens with zero attached hydrogens (tertiary/aromatic N) is 8. The molecule has 2 aliphatic heterocycles. The van der Waals surface area contributed by atoms with E-state index in [0.717, 1.165) is 59.3 Å². The van der Waals surface area contributed by atoms with Gasteiger partial charge in [0.25, 0.3) is 0 Å². The molecule has 2 atom stereocenters. The number of rotatable bonds is 4. The Kier molecular flexibility index (Phi) is 4.45. The van der Waals surface area contributed by atoms with Crippen LogP contribution in [0.5, 0.6) is 5.88 Å². The zero-order valence-electron chi connectivity index (χ0n) is 19.3. The molecule has 1 saturated heterocycles. The van der Waals surface area contributed by atoms with Crippen LogP contribution in [0.15, 0.2) is 18.6 Å². The first kappa shape index (κ1) is 20.0. The molecule has 0 radical (unpaired) electrons. The largest absolute Gasteiger partial charge is 0.475 e. The molecule has 2 fully saturated rings. The molecule has 7 rings (SSSR count). The Morgan fingerprint density at radius 3 is 2.71 bits per heavy atom. The van der Waals surface area contributed by atoms with Crippen molar-refractivity contribution in [3.8, 4) is 17.1 Å². The Labute approximate surface area is 196 Å². The van der Waals surface area contributed by atoms with Crippen molar-refractivity contribution in [1.82, 2.24) is 39.5 Å². The third kappa shape index (κ3) is 3.27. The third-order valence-corrected chi connectivity index (χ3v) is 7.11. The summed E-state index contributed by atoms with van der Waals surface area (Å²) in [5.41, 5.74) is 5.76. The lowest BCUT2D eigenvalue weighted by molar-refractivity contribution is 0.00396. The summed E-state index contributed by atoms with van der Waals surface area (Å²) in [6.07, 6.45) is 9.99. The fourth-order valence-electron chi connectivity index (χ4n) is 4.90. The zero-order chi connectivity index (χ0) is 22.8. The van der Waals surface area contributed by atoms with Crippen molar-refractivity contribution in [2.24, 2.45) is 0 Å². The molecule has 0 N–H and O–H groups in total. The average molecular weight is 459 g/mol. The van der Waals surface area contributed by atoms with Gasteiger partial charge >= 0.3 is 0 Å². The van der Waals surface area contributed by atoms with Gasteiger partial charge in [-0.2, -0.15) is 10.2 Å². The van der Waals surface area contributed by atoms with Crippen LogP contribution in [0.3, 0.4) is 0 Å². The van der Waals surface area contributed by atoms with Crippen LogP contribution in [0.2, 0.25) is 0 Å². The van der Waals surface area contributed by atoms with E-state index in [1.54, 1.807) is 0 Å². The molecule has 34 heavy (non-hydrogen) atoms. The molecule has 0 aromatic carbocycles. The smallest absolute Gasteiger partial charge is 0.221 e. The summed E-state index contributed by atoms with van der Waals surface area (Å²) in [5, 5.41) is 9.04. The molecule has 10 nitrogen and oxygen atoms in total. The maximum absolute atomic E-state index is 6.14. The molecule has 1 saturated carbocycles. The van der Waals surface area contributed by atoms with Gasteiger partial charge in [0.15, 0.2) is 5.65 Å². The van der Waals surface area contributed by atoms with Gasteiger partial charge in [0.1, 0.15) is 23.6 Å². The number of aryl methyl sites for hydroxylation is 2. The first-order valence-electron chi connectivity index (χ1n) is 12.0. The van der Waals surface area contributed by atoms with Crippen molar-refractivity contribution >= 4 is 11.2 Å². The topological polar surface area (TPSA) is 106 Å². The van der Waals surface area contributed by atoms with E-state index in [2.05, 4.69) is 21.1 Å². The van der Waals surface area contributed by atoms with E-state index in [9.17, 15) is 0 Å². The fraction of sp³-hybridized carbons (Fsp3) is 0.500. The highest BCUT2D eigenvalue weighted by Crippen LogP contribution is 2.40. The Balaban J connectivity index is 1.29. The van der Waals surface area contributed by atoms with Gasteiger partial charge in [0, 0.05) is 24.3 Å². The molecule has 0 spiro atoms. The fourth-order valence-corrected chi connectivity index (χ4v) is 4.90. The Bertz CT molecular complexity index is 1410. The van der Waals surface area contributed by atoms with E-state index in [4.69, 9.17) is 29.4 Å². The third-order valence-electron chi connectivity index (χ3n) is 7.11. The predicted octanol–water partition coefficient (Wildman–Crippen LogP) is 3.46. The van der Waals surface area contributed by atoms with Gasteiger partial charge in [-0.15, -0.1) is 0 Å². The summed E-state index contributed by atoms with van der Waals surface area (Å²) in [7, 11) is 0. The highest BCUT2D eigenvalue weighted by atomic mass is 16.5. The van der Waals surface area contributed by atoms with Gasteiger partial charge in [0.05, 0.1) is 48.0 Å². The van der Waals surface area contributed by atoms with Gasteiger partial charge in [-0.3, -0.25) is 4.68 Å². The summed E-state index contributed by atoms with van der Waals surface area (Å²) >= 11 is 0. The van der Waals surface area contributed by atoms with Crippen LogP contribution in [0.4, 0.5) is 0 Å². The van der Waals surface area contributed by atoms with Gasteiger partial charge in [-0.25, -0.2) is 24.6 Å². The Morgan fingerprint density at radius 1 is 0.941 bits per heavy atom. The number of fused-ring (bicyclic) bond motifs is 2. The molecule has 0 bridgehead atoms. The molecule has 3 aliphatic rings. The van der Waals surface area contributed by atoms with Crippen LogP contribution < -0.4 is 4.74 Å². The molecule has 10 heteroatoms. The summed E-state index contributed by atoms with van der Waals surface area (Å²) < 4.78 is 16.0. The van der Waals surface area contributed by atoms with Crippen molar-refractivity contribution in [3.63, 3.8) is 0 Å². The Hall–Kier alpha value is -3.40. The predicted molar refractivity (Wildman–Crippen MR) is 122 cm³/mol. The van der Waals surface area contributed by atoms with E-state index in [1.807, 2.05) is 30.9 Å². The SMILES string of the molecule is Cc1nc2nc([C@H]3CCO[C@H](c4cnn(C5CC5)c4)C3)nc(-c3cnn4c3OCC4)c2nc1C. The second-order valence-corrected chi connectivity index (χ2v) is 9.50. The second kappa shape index (κ2) is 7.56. The number of aromatic nitrogens is 8. The maximum atomic E-state index is 6.14. The van der Waals surface area contributed by atoms with Crippen LogP contribution in [0, 0.1) is 13.8 Å². The second-order valence-electron chi connectivity index (χ2n) is 9.50. The molecule has 174 valence electrons. The van der Waals surface area contributed by atoms with Crippen LogP contribution in [0.25, 0.3) is 22.4 Å². The maximum Gasteiger partial charge on any atom is 0.221 e. The highest BCUT2D eigenvalue weighted by Gasteiger charge is 2.32. The number of ether oxygens (including phenoxy) is 2. The minimum atomic E-state index is -0.0106. The molecule has 0 amide bonds. The molecule has 0 unspecified atom stereocenters.